The summed E-state index contributed by atoms with van der Waals surface area (Å²) in [5, 5.41) is 5.74. The van der Waals surface area contributed by atoms with Crippen molar-refractivity contribution < 1.29 is 9.59 Å². The zero-order valence-corrected chi connectivity index (χ0v) is 15.8. The molecule has 2 N–H and O–H groups in total. The second-order valence-electron chi connectivity index (χ2n) is 6.63. The fraction of sp³-hybridized carbons (Fsp3) is 0.174. The summed E-state index contributed by atoms with van der Waals surface area (Å²) in [6.07, 6.45) is 3.97. The lowest BCUT2D eigenvalue weighted by Crippen LogP contribution is -2.25. The molecule has 1 unspecified atom stereocenters. The van der Waals surface area contributed by atoms with Gasteiger partial charge in [-0.1, -0.05) is 43.3 Å². The molecule has 3 rings (SSSR count). The first-order valence-corrected chi connectivity index (χ1v) is 9.28. The van der Waals surface area contributed by atoms with Crippen LogP contribution in [-0.2, 0) is 0 Å². The zero-order chi connectivity index (χ0) is 19.8. The molecule has 1 aromatic heterocycles. The van der Waals surface area contributed by atoms with Crippen LogP contribution >= 0.6 is 0 Å². The van der Waals surface area contributed by atoms with Crippen LogP contribution in [0.1, 0.15) is 45.5 Å². The minimum absolute atomic E-state index is 0.155. The molecule has 0 aliphatic rings. The number of hydrogen-bond acceptors (Lipinski definition) is 3. The Balaban J connectivity index is 1.54. The van der Waals surface area contributed by atoms with E-state index in [-0.39, 0.29) is 11.8 Å². The SMILES string of the molecule is CC(CCNC(=O)c1cccc(NC(=O)c2cccnc2)c1)c1ccccc1. The topological polar surface area (TPSA) is 71.1 Å². The fourth-order valence-corrected chi connectivity index (χ4v) is 2.89. The molecule has 0 aliphatic carbocycles. The van der Waals surface area contributed by atoms with Crippen LogP contribution in [0.4, 0.5) is 5.69 Å². The number of aromatic nitrogens is 1. The third-order valence-electron chi connectivity index (χ3n) is 4.54. The Morgan fingerprint density at radius 1 is 0.929 bits per heavy atom. The molecule has 0 aliphatic heterocycles. The number of hydrogen-bond donors (Lipinski definition) is 2. The molecule has 5 nitrogen and oxygen atoms in total. The van der Waals surface area contributed by atoms with E-state index >= 15 is 0 Å². The maximum absolute atomic E-state index is 12.4. The third kappa shape index (κ3) is 5.27. The van der Waals surface area contributed by atoms with Crippen molar-refractivity contribution in [3.05, 3.63) is 95.8 Å². The van der Waals surface area contributed by atoms with Gasteiger partial charge >= 0.3 is 0 Å². The van der Waals surface area contributed by atoms with E-state index in [1.807, 2.05) is 18.2 Å². The van der Waals surface area contributed by atoms with Gasteiger partial charge in [0.2, 0.25) is 0 Å². The van der Waals surface area contributed by atoms with Crippen molar-refractivity contribution in [3.8, 4) is 0 Å². The lowest BCUT2D eigenvalue weighted by Gasteiger charge is -2.13. The average molecular weight is 373 g/mol. The monoisotopic (exact) mass is 373 g/mol. The van der Waals surface area contributed by atoms with E-state index in [9.17, 15) is 9.59 Å². The van der Waals surface area contributed by atoms with Gasteiger partial charge in [-0.3, -0.25) is 14.6 Å². The van der Waals surface area contributed by atoms with Crippen LogP contribution in [0.25, 0.3) is 0 Å². The van der Waals surface area contributed by atoms with E-state index in [0.29, 0.717) is 29.3 Å². The molecule has 3 aromatic rings. The molecular weight excluding hydrogens is 350 g/mol. The summed E-state index contributed by atoms with van der Waals surface area (Å²) < 4.78 is 0. The van der Waals surface area contributed by atoms with Crippen molar-refractivity contribution in [2.45, 2.75) is 19.3 Å². The Bertz CT molecular complexity index is 927. The molecule has 1 heterocycles. The number of nitrogens with one attached hydrogen (secondary N) is 2. The lowest BCUT2D eigenvalue weighted by molar-refractivity contribution is 0.0951. The van der Waals surface area contributed by atoms with Gasteiger partial charge in [0.25, 0.3) is 11.8 Å². The number of pyridine rings is 1. The van der Waals surface area contributed by atoms with Gasteiger partial charge in [-0.05, 0) is 48.2 Å². The first-order chi connectivity index (χ1) is 13.6. The quantitative estimate of drug-likeness (QED) is 0.650. The Hall–Kier alpha value is -3.47. The number of carbonyl (C=O) groups is 2. The van der Waals surface area contributed by atoms with Crippen LogP contribution < -0.4 is 10.6 Å². The second-order valence-corrected chi connectivity index (χ2v) is 6.63. The van der Waals surface area contributed by atoms with Gasteiger partial charge in [0.1, 0.15) is 0 Å². The normalized spacial score (nSPS) is 11.5. The summed E-state index contributed by atoms with van der Waals surface area (Å²) in [5.41, 5.74) is 2.81. The van der Waals surface area contributed by atoms with E-state index in [4.69, 9.17) is 0 Å². The summed E-state index contributed by atoms with van der Waals surface area (Å²) in [4.78, 5) is 28.6. The zero-order valence-electron chi connectivity index (χ0n) is 15.8. The van der Waals surface area contributed by atoms with Crippen molar-refractivity contribution in [3.63, 3.8) is 0 Å². The van der Waals surface area contributed by atoms with Gasteiger partial charge in [0.05, 0.1) is 5.56 Å². The smallest absolute Gasteiger partial charge is 0.257 e. The number of anilines is 1. The summed E-state index contributed by atoms with van der Waals surface area (Å²) in [6, 6.07) is 20.5. The Morgan fingerprint density at radius 2 is 1.71 bits per heavy atom. The van der Waals surface area contributed by atoms with Gasteiger partial charge in [-0.2, -0.15) is 0 Å². The Morgan fingerprint density at radius 3 is 2.46 bits per heavy atom. The maximum atomic E-state index is 12.4. The molecule has 1 atom stereocenters. The Labute approximate surface area is 164 Å². The van der Waals surface area contributed by atoms with Gasteiger partial charge in [0, 0.05) is 30.2 Å². The second kappa shape index (κ2) is 9.46. The molecule has 5 heteroatoms. The summed E-state index contributed by atoms with van der Waals surface area (Å²) >= 11 is 0. The van der Waals surface area contributed by atoms with Gasteiger partial charge in [-0.25, -0.2) is 0 Å². The standard InChI is InChI=1S/C23H23N3O2/c1-17(18-7-3-2-4-8-18)12-14-25-22(27)19-9-5-11-21(15-19)26-23(28)20-10-6-13-24-16-20/h2-11,13,15-17H,12,14H2,1H3,(H,25,27)(H,26,28). The van der Waals surface area contributed by atoms with Crippen LogP contribution in [0.3, 0.4) is 0 Å². The number of amides is 2. The van der Waals surface area contributed by atoms with Gasteiger partial charge < -0.3 is 10.6 Å². The summed E-state index contributed by atoms with van der Waals surface area (Å²) in [6.45, 7) is 2.73. The highest BCUT2D eigenvalue weighted by Crippen LogP contribution is 2.18. The van der Waals surface area contributed by atoms with E-state index in [0.717, 1.165) is 6.42 Å². The largest absolute Gasteiger partial charge is 0.352 e. The van der Waals surface area contributed by atoms with E-state index < -0.39 is 0 Å². The minimum Gasteiger partial charge on any atom is -0.352 e. The molecule has 0 saturated carbocycles. The highest BCUT2D eigenvalue weighted by molar-refractivity contribution is 6.04. The molecule has 142 valence electrons. The molecule has 0 spiro atoms. The molecule has 28 heavy (non-hydrogen) atoms. The summed E-state index contributed by atoms with van der Waals surface area (Å²) in [7, 11) is 0. The van der Waals surface area contributed by atoms with Crippen molar-refractivity contribution in [1.29, 1.82) is 0 Å². The number of nitrogens with zero attached hydrogens (tertiary/aromatic N) is 1. The summed E-state index contributed by atoms with van der Waals surface area (Å²) in [5.74, 6) is -0.0494. The first kappa shape index (κ1) is 19.3. The molecule has 0 radical (unpaired) electrons. The average Bonchev–Trinajstić information content (AvgIpc) is 2.75. The Kier molecular flexibility index (Phi) is 6.52. The highest BCUT2D eigenvalue weighted by atomic mass is 16.2. The predicted molar refractivity (Wildman–Crippen MR) is 110 cm³/mol. The minimum atomic E-state index is -0.262. The molecular formula is C23H23N3O2. The lowest BCUT2D eigenvalue weighted by atomic mass is 9.98. The molecule has 0 saturated heterocycles. The highest BCUT2D eigenvalue weighted by Gasteiger charge is 2.10. The van der Waals surface area contributed by atoms with Crippen molar-refractivity contribution in [1.82, 2.24) is 10.3 Å². The van der Waals surface area contributed by atoms with Crippen LogP contribution in [0.5, 0.6) is 0 Å². The van der Waals surface area contributed by atoms with E-state index in [1.165, 1.54) is 11.8 Å². The van der Waals surface area contributed by atoms with Crippen LogP contribution in [0.15, 0.2) is 79.1 Å². The van der Waals surface area contributed by atoms with Crippen molar-refractivity contribution in [2.24, 2.45) is 0 Å². The predicted octanol–water partition coefficient (Wildman–Crippen LogP) is 4.26. The molecule has 2 amide bonds. The number of benzene rings is 2. The van der Waals surface area contributed by atoms with Gasteiger partial charge in [-0.15, -0.1) is 0 Å². The first-order valence-electron chi connectivity index (χ1n) is 9.28. The molecule has 0 fully saturated rings. The number of rotatable bonds is 7. The van der Waals surface area contributed by atoms with Crippen LogP contribution in [-0.4, -0.2) is 23.3 Å². The van der Waals surface area contributed by atoms with Crippen LogP contribution in [0, 0.1) is 0 Å². The third-order valence-corrected chi connectivity index (χ3v) is 4.54. The van der Waals surface area contributed by atoms with Crippen LogP contribution in [0.2, 0.25) is 0 Å². The molecule has 2 aromatic carbocycles. The van der Waals surface area contributed by atoms with Crippen molar-refractivity contribution >= 4 is 17.5 Å². The fourth-order valence-electron chi connectivity index (χ4n) is 2.89. The van der Waals surface area contributed by atoms with E-state index in [1.54, 1.807) is 42.6 Å². The van der Waals surface area contributed by atoms with Gasteiger partial charge in [0.15, 0.2) is 0 Å². The van der Waals surface area contributed by atoms with E-state index in [2.05, 4.69) is 34.7 Å². The number of carbonyl (C=O) groups excluding carboxylic acids is 2. The maximum Gasteiger partial charge on any atom is 0.257 e. The molecule has 0 bridgehead atoms. The van der Waals surface area contributed by atoms with Crippen molar-refractivity contribution in [2.75, 3.05) is 11.9 Å².